The summed E-state index contributed by atoms with van der Waals surface area (Å²) in [7, 11) is 0. The minimum atomic E-state index is 0.428. The Balaban J connectivity index is 1.84. The number of alkyl halides is 1. The highest BCUT2D eigenvalue weighted by atomic mass is 35.5. The van der Waals surface area contributed by atoms with Gasteiger partial charge in [-0.3, -0.25) is 4.68 Å². The van der Waals surface area contributed by atoms with Gasteiger partial charge >= 0.3 is 0 Å². The van der Waals surface area contributed by atoms with Crippen LogP contribution in [0.1, 0.15) is 17.8 Å². The highest BCUT2D eigenvalue weighted by Gasteiger charge is 2.11. The lowest BCUT2D eigenvalue weighted by Gasteiger charge is -2.07. The maximum Gasteiger partial charge on any atom is 0.124 e. The van der Waals surface area contributed by atoms with E-state index in [1.54, 1.807) is 6.20 Å². The number of nitrogens with zero attached hydrogens (tertiary/aromatic N) is 5. The van der Waals surface area contributed by atoms with Crippen LogP contribution in [0.15, 0.2) is 30.6 Å². The van der Waals surface area contributed by atoms with Gasteiger partial charge in [-0.05, 0) is 25.0 Å². The summed E-state index contributed by atoms with van der Waals surface area (Å²) in [6, 6.07) is 6.24. The van der Waals surface area contributed by atoms with Crippen molar-refractivity contribution in [3.63, 3.8) is 0 Å². The largest absolute Gasteiger partial charge is 0.327 e. The third-order valence-electron chi connectivity index (χ3n) is 3.42. The summed E-state index contributed by atoms with van der Waals surface area (Å²) in [5.41, 5.74) is 3.38. The molecule has 0 spiro atoms. The Morgan fingerprint density at radius 2 is 2.15 bits per heavy atom. The molecule has 20 heavy (non-hydrogen) atoms. The lowest BCUT2D eigenvalue weighted by molar-refractivity contribution is 0.514. The third kappa shape index (κ3) is 2.41. The molecule has 1 aromatic carbocycles. The molecule has 3 aromatic rings. The minimum Gasteiger partial charge on any atom is -0.327 e. The van der Waals surface area contributed by atoms with Gasteiger partial charge in [0.25, 0.3) is 0 Å². The van der Waals surface area contributed by atoms with Crippen LogP contribution >= 0.6 is 11.6 Å². The van der Waals surface area contributed by atoms with Crippen molar-refractivity contribution in [3.05, 3.63) is 42.0 Å². The van der Waals surface area contributed by atoms with Gasteiger partial charge in [-0.2, -0.15) is 0 Å². The van der Waals surface area contributed by atoms with E-state index >= 15 is 0 Å². The summed E-state index contributed by atoms with van der Waals surface area (Å²) in [5, 5.41) is 7.78. The standard InChI is InChI=1S/C14H16ClN5/c1-11-4-2-5-12-14(11)17-13(10-15)20(12)8-3-7-19-9-6-16-18-19/h2,4-6,9H,3,7-8,10H2,1H3. The molecule has 0 aliphatic rings. The Morgan fingerprint density at radius 1 is 1.25 bits per heavy atom. The lowest BCUT2D eigenvalue weighted by Crippen LogP contribution is -2.07. The number of para-hydroxylation sites is 1. The molecule has 0 saturated heterocycles. The maximum atomic E-state index is 6.02. The molecule has 104 valence electrons. The van der Waals surface area contributed by atoms with Crippen LogP contribution in [0.5, 0.6) is 0 Å². The molecule has 0 unspecified atom stereocenters. The summed E-state index contributed by atoms with van der Waals surface area (Å²) in [6.45, 7) is 3.79. The Labute approximate surface area is 122 Å². The quantitative estimate of drug-likeness (QED) is 0.679. The second-order valence-electron chi connectivity index (χ2n) is 4.78. The summed E-state index contributed by atoms with van der Waals surface area (Å²) < 4.78 is 4.04. The molecule has 0 aliphatic heterocycles. The van der Waals surface area contributed by atoms with Crippen molar-refractivity contribution in [2.75, 3.05) is 0 Å². The van der Waals surface area contributed by atoms with Gasteiger partial charge in [-0.15, -0.1) is 16.7 Å². The average Bonchev–Trinajstić information content (AvgIpc) is 3.08. The van der Waals surface area contributed by atoms with Crippen molar-refractivity contribution in [1.82, 2.24) is 24.5 Å². The summed E-state index contributed by atoms with van der Waals surface area (Å²) in [4.78, 5) is 4.64. The van der Waals surface area contributed by atoms with Gasteiger partial charge in [0.15, 0.2) is 0 Å². The smallest absolute Gasteiger partial charge is 0.124 e. The number of hydrogen-bond donors (Lipinski definition) is 0. The number of benzene rings is 1. The van der Waals surface area contributed by atoms with Crippen LogP contribution in [0, 0.1) is 6.92 Å². The van der Waals surface area contributed by atoms with Crippen molar-refractivity contribution in [1.29, 1.82) is 0 Å². The molecule has 0 fully saturated rings. The number of hydrogen-bond acceptors (Lipinski definition) is 3. The first-order valence-electron chi connectivity index (χ1n) is 6.64. The molecule has 0 N–H and O–H groups in total. The van der Waals surface area contributed by atoms with Gasteiger partial charge in [0.2, 0.25) is 0 Å². The van der Waals surface area contributed by atoms with E-state index in [4.69, 9.17) is 11.6 Å². The second-order valence-corrected chi connectivity index (χ2v) is 5.04. The van der Waals surface area contributed by atoms with E-state index in [9.17, 15) is 0 Å². The molecule has 2 aromatic heterocycles. The molecule has 0 saturated carbocycles. The molecule has 2 heterocycles. The fraction of sp³-hybridized carbons (Fsp3) is 0.357. The van der Waals surface area contributed by atoms with E-state index < -0.39 is 0 Å². The van der Waals surface area contributed by atoms with Crippen LogP contribution < -0.4 is 0 Å². The summed E-state index contributed by atoms with van der Waals surface area (Å²) >= 11 is 6.02. The molecular weight excluding hydrogens is 274 g/mol. The molecule has 3 rings (SSSR count). The minimum absolute atomic E-state index is 0.428. The molecule has 0 radical (unpaired) electrons. The SMILES string of the molecule is Cc1cccc2c1nc(CCl)n2CCCn1ccnn1. The summed E-state index contributed by atoms with van der Waals surface area (Å²) in [6.07, 6.45) is 4.53. The Hall–Kier alpha value is -1.88. The van der Waals surface area contributed by atoms with Crippen molar-refractivity contribution in [2.24, 2.45) is 0 Å². The zero-order valence-electron chi connectivity index (χ0n) is 11.3. The van der Waals surface area contributed by atoms with E-state index in [-0.39, 0.29) is 0 Å². The van der Waals surface area contributed by atoms with Gasteiger partial charge in [0.1, 0.15) is 5.82 Å². The predicted octanol–water partition coefficient (Wildman–Crippen LogP) is 2.77. The van der Waals surface area contributed by atoms with Crippen LogP contribution in [0.2, 0.25) is 0 Å². The fourth-order valence-electron chi connectivity index (χ4n) is 2.43. The first kappa shape index (κ1) is 13.1. The van der Waals surface area contributed by atoms with Crippen molar-refractivity contribution in [3.8, 4) is 0 Å². The van der Waals surface area contributed by atoms with Crippen LogP contribution in [0.25, 0.3) is 11.0 Å². The topological polar surface area (TPSA) is 48.5 Å². The molecule has 0 aliphatic carbocycles. The Morgan fingerprint density at radius 3 is 2.90 bits per heavy atom. The van der Waals surface area contributed by atoms with E-state index in [2.05, 4.69) is 45.0 Å². The van der Waals surface area contributed by atoms with E-state index in [0.717, 1.165) is 36.4 Å². The first-order valence-corrected chi connectivity index (χ1v) is 7.18. The Kier molecular flexibility index (Phi) is 3.69. The second kappa shape index (κ2) is 5.63. The molecule has 6 heteroatoms. The number of fused-ring (bicyclic) bond motifs is 1. The van der Waals surface area contributed by atoms with Crippen molar-refractivity contribution >= 4 is 22.6 Å². The van der Waals surface area contributed by atoms with Gasteiger partial charge in [0, 0.05) is 19.3 Å². The van der Waals surface area contributed by atoms with Gasteiger partial charge in [-0.25, -0.2) is 4.98 Å². The van der Waals surface area contributed by atoms with Crippen molar-refractivity contribution in [2.45, 2.75) is 32.3 Å². The average molecular weight is 290 g/mol. The Bertz CT molecular complexity index is 702. The molecule has 0 atom stereocenters. The number of rotatable bonds is 5. The maximum absolute atomic E-state index is 6.02. The molecule has 0 bridgehead atoms. The summed E-state index contributed by atoms with van der Waals surface area (Å²) in [5.74, 6) is 1.35. The van der Waals surface area contributed by atoms with Crippen LogP contribution in [0.3, 0.4) is 0 Å². The van der Waals surface area contributed by atoms with Gasteiger partial charge in [0.05, 0.1) is 23.1 Å². The molecule has 0 amide bonds. The van der Waals surface area contributed by atoms with Crippen LogP contribution in [0.4, 0.5) is 0 Å². The third-order valence-corrected chi connectivity index (χ3v) is 3.66. The van der Waals surface area contributed by atoms with Crippen molar-refractivity contribution < 1.29 is 0 Å². The van der Waals surface area contributed by atoms with Gasteiger partial charge < -0.3 is 4.57 Å². The van der Waals surface area contributed by atoms with E-state index in [1.807, 2.05) is 10.9 Å². The number of imidazole rings is 1. The zero-order chi connectivity index (χ0) is 13.9. The normalized spacial score (nSPS) is 11.3. The van der Waals surface area contributed by atoms with Crippen LogP contribution in [-0.2, 0) is 19.0 Å². The number of halogens is 1. The van der Waals surface area contributed by atoms with Gasteiger partial charge in [-0.1, -0.05) is 17.3 Å². The molecular formula is C14H16ClN5. The predicted molar refractivity (Wildman–Crippen MR) is 78.7 cm³/mol. The van der Waals surface area contributed by atoms with Crippen LogP contribution in [-0.4, -0.2) is 24.5 Å². The molecule has 5 nitrogen and oxygen atoms in total. The monoisotopic (exact) mass is 289 g/mol. The first-order chi connectivity index (χ1) is 9.79. The zero-order valence-corrected chi connectivity index (χ0v) is 12.1. The van der Waals surface area contributed by atoms with E-state index in [0.29, 0.717) is 5.88 Å². The highest BCUT2D eigenvalue weighted by Crippen LogP contribution is 2.21. The van der Waals surface area contributed by atoms with E-state index in [1.165, 1.54) is 5.56 Å². The lowest BCUT2D eigenvalue weighted by atomic mass is 10.2. The fourth-order valence-corrected chi connectivity index (χ4v) is 2.63. The number of aryl methyl sites for hydroxylation is 3. The highest BCUT2D eigenvalue weighted by molar-refractivity contribution is 6.16. The number of aromatic nitrogens is 5.